The average Bonchev–Trinajstić information content (AvgIpc) is 3.26. The minimum absolute atomic E-state index is 0.194. The molecule has 8 nitrogen and oxygen atoms in total. The molecule has 4 atom stereocenters. The van der Waals surface area contributed by atoms with Crippen molar-refractivity contribution in [3.63, 3.8) is 0 Å². The number of carbonyl (C=O) groups is 2. The zero-order valence-corrected chi connectivity index (χ0v) is 25.7. The van der Waals surface area contributed by atoms with Gasteiger partial charge in [-0.1, -0.05) is 54.1 Å². The number of hydrogen-bond acceptors (Lipinski definition) is 7. The van der Waals surface area contributed by atoms with Crippen LogP contribution in [-0.2, 0) is 14.2 Å². The summed E-state index contributed by atoms with van der Waals surface area (Å²) in [6.07, 6.45) is 3.53. The molecule has 0 bridgehead atoms. The summed E-state index contributed by atoms with van der Waals surface area (Å²) in [5, 5.41) is 40.5. The molecule has 0 spiro atoms. The number of hydrogen-bond donors (Lipinski definition) is 4. The molecule has 1 aliphatic carbocycles. The third kappa shape index (κ3) is 5.91. The molecular weight excluding hydrogens is 568 g/mol. The normalized spacial score (nSPS) is 23.4. The summed E-state index contributed by atoms with van der Waals surface area (Å²) in [6.45, 7) is 5.76. The number of fused-ring (bicyclic) bond motifs is 3. The molecule has 45 heavy (non-hydrogen) atoms. The number of rotatable bonds is 7. The SMILES string of the molecule is CC1=C2[C@@H](CC/C(=C/c3cc(C)c(O)c(C)c3)c3ccccc3)OB(O)C[C@@H]2[C@@H]2C(=O)N(c3cccc(B(O)O)c3)C(=O)[C@@H]2C1. The van der Waals surface area contributed by atoms with Gasteiger partial charge in [-0.15, -0.1) is 0 Å². The monoisotopic (exact) mass is 605 g/mol. The zero-order valence-electron chi connectivity index (χ0n) is 25.7. The highest BCUT2D eigenvalue weighted by Gasteiger charge is 2.57. The molecule has 4 N–H and O–H groups in total. The van der Waals surface area contributed by atoms with Gasteiger partial charge in [0.25, 0.3) is 0 Å². The predicted molar refractivity (Wildman–Crippen MR) is 175 cm³/mol. The van der Waals surface area contributed by atoms with Crippen molar-refractivity contribution in [2.45, 2.75) is 52.5 Å². The van der Waals surface area contributed by atoms with Gasteiger partial charge in [0.1, 0.15) is 5.75 Å². The minimum Gasteiger partial charge on any atom is -0.507 e. The maximum atomic E-state index is 13.9. The number of anilines is 1. The van der Waals surface area contributed by atoms with Crippen LogP contribution in [0.5, 0.6) is 5.75 Å². The van der Waals surface area contributed by atoms with E-state index in [1.807, 2.05) is 51.1 Å². The Balaban J connectivity index is 1.29. The van der Waals surface area contributed by atoms with Crippen LogP contribution < -0.4 is 10.4 Å². The number of amides is 2. The lowest BCUT2D eigenvalue weighted by atomic mass is 9.58. The van der Waals surface area contributed by atoms with Crippen molar-refractivity contribution in [2.75, 3.05) is 4.90 Å². The number of carbonyl (C=O) groups excluding carboxylic acids is 2. The van der Waals surface area contributed by atoms with E-state index in [1.165, 1.54) is 17.0 Å². The highest BCUT2D eigenvalue weighted by molar-refractivity contribution is 6.58. The van der Waals surface area contributed by atoms with E-state index >= 15 is 0 Å². The number of phenols is 1. The van der Waals surface area contributed by atoms with Gasteiger partial charge in [0, 0.05) is 0 Å². The van der Waals surface area contributed by atoms with Gasteiger partial charge in [0.2, 0.25) is 11.8 Å². The molecule has 3 aliphatic rings. The molecule has 230 valence electrons. The highest BCUT2D eigenvalue weighted by atomic mass is 16.5. The Hall–Kier alpha value is -3.95. The van der Waals surface area contributed by atoms with Crippen molar-refractivity contribution < 1.29 is 34.4 Å². The summed E-state index contributed by atoms with van der Waals surface area (Å²) in [5.74, 6) is -1.89. The van der Waals surface area contributed by atoms with E-state index in [0.717, 1.165) is 39.0 Å². The third-order valence-corrected chi connectivity index (χ3v) is 9.55. The molecule has 2 amide bonds. The number of nitrogens with zero attached hydrogens (tertiary/aromatic N) is 1. The summed E-state index contributed by atoms with van der Waals surface area (Å²) in [6, 6.07) is 20.2. The Morgan fingerprint density at radius 2 is 1.69 bits per heavy atom. The molecule has 6 rings (SSSR count). The fourth-order valence-electron chi connectivity index (χ4n) is 7.51. The molecule has 10 heteroatoms. The van der Waals surface area contributed by atoms with Gasteiger partial charge >= 0.3 is 14.2 Å². The molecule has 0 unspecified atom stereocenters. The third-order valence-electron chi connectivity index (χ3n) is 9.55. The summed E-state index contributed by atoms with van der Waals surface area (Å²) in [4.78, 5) is 28.8. The second-order valence-corrected chi connectivity index (χ2v) is 12.6. The number of imide groups is 1. The maximum absolute atomic E-state index is 13.9. The Morgan fingerprint density at radius 1 is 0.978 bits per heavy atom. The molecule has 2 heterocycles. The van der Waals surface area contributed by atoms with Crippen molar-refractivity contribution >= 4 is 48.9 Å². The van der Waals surface area contributed by atoms with Crippen LogP contribution in [0.4, 0.5) is 5.69 Å². The predicted octanol–water partition coefficient (Wildman–Crippen LogP) is 4.03. The maximum Gasteiger partial charge on any atom is 0.488 e. The number of aromatic hydroxyl groups is 1. The van der Waals surface area contributed by atoms with Crippen molar-refractivity contribution in [3.05, 3.63) is 100 Å². The van der Waals surface area contributed by atoms with Crippen molar-refractivity contribution in [1.82, 2.24) is 0 Å². The molecule has 0 saturated carbocycles. The van der Waals surface area contributed by atoms with Gasteiger partial charge in [-0.3, -0.25) is 14.5 Å². The zero-order chi connectivity index (χ0) is 32.0. The van der Waals surface area contributed by atoms with E-state index < -0.39 is 32.2 Å². The van der Waals surface area contributed by atoms with E-state index in [2.05, 4.69) is 18.2 Å². The van der Waals surface area contributed by atoms with Crippen LogP contribution in [-0.4, -0.2) is 52.3 Å². The van der Waals surface area contributed by atoms with Gasteiger partial charge in [-0.05, 0) is 115 Å². The van der Waals surface area contributed by atoms with Crippen LogP contribution in [0, 0.1) is 31.6 Å². The van der Waals surface area contributed by atoms with Crippen molar-refractivity contribution in [2.24, 2.45) is 17.8 Å². The van der Waals surface area contributed by atoms with Crippen LogP contribution in [0.15, 0.2) is 77.9 Å². The number of allylic oxidation sites excluding steroid dienone is 2. The van der Waals surface area contributed by atoms with Crippen LogP contribution >= 0.6 is 0 Å². The molecular formula is C35H37B2NO7. The summed E-state index contributed by atoms with van der Waals surface area (Å²) in [5.41, 5.74) is 7.23. The summed E-state index contributed by atoms with van der Waals surface area (Å²) >= 11 is 0. The Kier molecular flexibility index (Phi) is 8.59. The first-order valence-electron chi connectivity index (χ1n) is 15.5. The molecule has 2 fully saturated rings. The first kappa shape index (κ1) is 31.0. The van der Waals surface area contributed by atoms with E-state index in [0.29, 0.717) is 30.7 Å². The van der Waals surface area contributed by atoms with E-state index in [1.54, 1.807) is 12.1 Å². The van der Waals surface area contributed by atoms with Crippen LogP contribution in [0.25, 0.3) is 11.6 Å². The topological polar surface area (TPSA) is 128 Å². The molecule has 2 saturated heterocycles. The fourth-order valence-corrected chi connectivity index (χ4v) is 7.51. The van der Waals surface area contributed by atoms with Gasteiger partial charge in [-0.2, -0.15) is 0 Å². The average molecular weight is 605 g/mol. The molecule has 3 aromatic rings. The summed E-state index contributed by atoms with van der Waals surface area (Å²) < 4.78 is 6.15. The van der Waals surface area contributed by atoms with Gasteiger partial charge in [-0.25, -0.2) is 0 Å². The van der Waals surface area contributed by atoms with Crippen molar-refractivity contribution in [3.8, 4) is 5.75 Å². The molecule has 3 aromatic carbocycles. The van der Waals surface area contributed by atoms with E-state index in [4.69, 9.17) is 4.65 Å². The fraction of sp³-hybridized carbons (Fsp3) is 0.314. The lowest BCUT2D eigenvalue weighted by Gasteiger charge is -2.42. The Bertz CT molecular complexity index is 1680. The Labute approximate surface area is 264 Å². The smallest absolute Gasteiger partial charge is 0.488 e. The first-order chi connectivity index (χ1) is 21.5. The van der Waals surface area contributed by atoms with Gasteiger partial charge in [0.15, 0.2) is 0 Å². The summed E-state index contributed by atoms with van der Waals surface area (Å²) in [7, 11) is -2.80. The lowest BCUT2D eigenvalue weighted by molar-refractivity contribution is -0.122. The first-order valence-corrected chi connectivity index (χ1v) is 15.5. The number of aryl methyl sites for hydroxylation is 2. The largest absolute Gasteiger partial charge is 0.507 e. The second kappa shape index (κ2) is 12.4. The quantitative estimate of drug-likeness (QED) is 0.139. The van der Waals surface area contributed by atoms with Crippen LogP contribution in [0.1, 0.15) is 48.4 Å². The van der Waals surface area contributed by atoms with Crippen LogP contribution in [0.3, 0.4) is 0 Å². The Morgan fingerprint density at radius 3 is 2.38 bits per heavy atom. The standard InChI is InChI=1S/C35H37B2NO7/c1-20-16-28-32(35(41)38(34(28)40)27-11-7-10-26(18-27)37(43)44)29-19-36(42)45-30(31(20)29)13-12-25(24-8-5-4-6-9-24)17-23-14-21(2)33(39)22(3)15-23/h4-11,14-15,17-18,28-30,32,39,42-44H,12-13,16,19H2,1-3H3/b25-17-/t28-,29+,30-,32-/m1/s1. The minimum atomic E-state index is -1.72. The van der Waals surface area contributed by atoms with E-state index in [9.17, 15) is 29.8 Å². The van der Waals surface area contributed by atoms with Gasteiger partial charge < -0.3 is 24.8 Å². The lowest BCUT2D eigenvalue weighted by Crippen LogP contribution is -2.46. The molecule has 2 aliphatic heterocycles. The second-order valence-electron chi connectivity index (χ2n) is 12.6. The van der Waals surface area contributed by atoms with Gasteiger partial charge in [0.05, 0.1) is 23.6 Å². The number of phenolic OH excluding ortho intramolecular Hbond substituents is 1. The highest BCUT2D eigenvalue weighted by Crippen LogP contribution is 2.51. The van der Waals surface area contributed by atoms with Crippen LogP contribution in [0.2, 0.25) is 6.32 Å². The number of benzene rings is 3. The van der Waals surface area contributed by atoms with E-state index in [-0.39, 0.29) is 29.5 Å². The molecule has 0 aromatic heterocycles. The molecule has 0 radical (unpaired) electrons. The van der Waals surface area contributed by atoms with Crippen molar-refractivity contribution in [1.29, 1.82) is 0 Å².